The molecular formula is C47H32BrF3O6. The van der Waals surface area contributed by atoms with Crippen LogP contribution in [0.2, 0.25) is 0 Å². The summed E-state index contributed by atoms with van der Waals surface area (Å²) in [6, 6.07) is 38.6. The number of carbonyl (C=O) groups excluding carboxylic acids is 2. The fraction of sp³-hybridized carbons (Fsp3) is 0.0426. The van der Waals surface area contributed by atoms with Crippen LogP contribution in [0.25, 0.3) is 0 Å². The van der Waals surface area contributed by atoms with Crippen LogP contribution in [0, 0.1) is 53.5 Å². The summed E-state index contributed by atoms with van der Waals surface area (Å²) in [4.78, 5) is 32.8. The Morgan fingerprint density at radius 3 is 1.16 bits per heavy atom. The molecule has 6 aromatic carbocycles. The second-order valence-corrected chi connectivity index (χ2v) is 11.9. The Balaban J connectivity index is 0.000000212. The molecule has 6 nitrogen and oxygen atoms in total. The molecule has 0 aliphatic carbocycles. The summed E-state index contributed by atoms with van der Waals surface area (Å²) in [6.45, 7) is 0. The third kappa shape index (κ3) is 15.1. The minimum atomic E-state index is -0.983. The second-order valence-electron chi connectivity index (χ2n) is 11.0. The molecule has 57 heavy (non-hydrogen) atoms. The maximum Gasteiger partial charge on any atom is 0.337 e. The standard InChI is InChI=1S/C16H11FO2.C15H9FO2.C8H7BrO2.C8H5F/c1-19-16(18)14-10-7-12(8-11-14)6-9-13-4-2-3-5-15(13)17;16-14-4-2-1-3-12(14)8-5-11-6-9-13(10-7-11)15(17)18;1-11-8(10)6-2-4-7(9)5-3-6;1-2-7-5-3-4-6-8(7)9/h2-5,7-8,10-11H,1H3;1-4,6-7,9-10H,(H,17,18);2-5H,1H3;1,3-6H. The zero-order chi connectivity index (χ0) is 41.6. The summed E-state index contributed by atoms with van der Waals surface area (Å²) < 4.78 is 49.1. The smallest absolute Gasteiger partial charge is 0.337 e. The van der Waals surface area contributed by atoms with E-state index in [0.29, 0.717) is 38.9 Å². The number of benzene rings is 6. The fourth-order valence-corrected chi connectivity index (χ4v) is 4.45. The van der Waals surface area contributed by atoms with Crippen molar-refractivity contribution in [1.82, 2.24) is 0 Å². The summed E-state index contributed by atoms with van der Waals surface area (Å²) in [5.74, 6) is 10.6. The highest BCUT2D eigenvalue weighted by molar-refractivity contribution is 9.10. The molecule has 0 atom stereocenters. The number of carboxylic acid groups (broad SMARTS) is 1. The van der Waals surface area contributed by atoms with Gasteiger partial charge in [-0.1, -0.05) is 81.9 Å². The van der Waals surface area contributed by atoms with Gasteiger partial charge in [0.05, 0.1) is 47.6 Å². The van der Waals surface area contributed by atoms with E-state index >= 15 is 0 Å². The van der Waals surface area contributed by atoms with Crippen LogP contribution >= 0.6 is 15.9 Å². The monoisotopic (exact) mass is 828 g/mol. The first kappa shape index (κ1) is 44.1. The van der Waals surface area contributed by atoms with Crippen LogP contribution in [0.15, 0.2) is 150 Å². The minimum Gasteiger partial charge on any atom is -0.478 e. The highest BCUT2D eigenvalue weighted by Crippen LogP contribution is 2.11. The Morgan fingerprint density at radius 2 is 0.842 bits per heavy atom. The highest BCUT2D eigenvalue weighted by atomic mass is 79.9. The zero-order valence-electron chi connectivity index (χ0n) is 30.4. The number of ether oxygens (including phenoxy) is 2. The predicted molar refractivity (Wildman–Crippen MR) is 216 cm³/mol. The number of carbonyl (C=O) groups is 3. The van der Waals surface area contributed by atoms with Crippen molar-refractivity contribution in [3.05, 3.63) is 212 Å². The third-order valence-corrected chi connectivity index (χ3v) is 7.69. The van der Waals surface area contributed by atoms with Crippen LogP contribution in [0.5, 0.6) is 0 Å². The molecule has 0 bridgehead atoms. The number of halogens is 4. The topological polar surface area (TPSA) is 89.9 Å². The van der Waals surface area contributed by atoms with Gasteiger partial charge in [0.15, 0.2) is 0 Å². The van der Waals surface area contributed by atoms with Crippen molar-refractivity contribution in [2.45, 2.75) is 0 Å². The van der Waals surface area contributed by atoms with E-state index in [9.17, 15) is 27.6 Å². The molecular weight excluding hydrogens is 797 g/mol. The van der Waals surface area contributed by atoms with E-state index in [-0.39, 0.29) is 29.0 Å². The van der Waals surface area contributed by atoms with Crippen molar-refractivity contribution in [2.24, 2.45) is 0 Å². The number of hydrogen-bond donors (Lipinski definition) is 1. The molecule has 0 aliphatic rings. The quantitative estimate of drug-likeness (QED) is 0.141. The molecule has 10 heteroatoms. The summed E-state index contributed by atoms with van der Waals surface area (Å²) in [6.07, 6.45) is 4.96. The maximum atomic E-state index is 13.3. The lowest BCUT2D eigenvalue weighted by atomic mass is 10.1. The SMILES string of the molecule is C#Cc1ccccc1F.COC(=O)c1ccc(Br)cc1.COC(=O)c1ccc(C#Cc2ccccc2F)cc1.O=C(O)c1ccc(C#Cc2ccccc2F)cc1. The number of hydrogen-bond acceptors (Lipinski definition) is 5. The van der Waals surface area contributed by atoms with Crippen molar-refractivity contribution in [3.63, 3.8) is 0 Å². The summed E-state index contributed by atoms with van der Waals surface area (Å²) in [5, 5.41) is 8.73. The van der Waals surface area contributed by atoms with Crippen molar-refractivity contribution < 1.29 is 42.1 Å². The Hall–Kier alpha value is -7.32. The first-order chi connectivity index (χ1) is 27.4. The molecule has 0 unspecified atom stereocenters. The number of methoxy groups -OCH3 is 2. The van der Waals surface area contributed by atoms with E-state index in [4.69, 9.17) is 11.5 Å². The summed E-state index contributed by atoms with van der Waals surface area (Å²) in [7, 11) is 2.69. The molecule has 0 saturated heterocycles. The first-order valence-corrected chi connectivity index (χ1v) is 17.3. The van der Waals surface area contributed by atoms with E-state index in [1.54, 1.807) is 115 Å². The average Bonchev–Trinajstić information content (AvgIpc) is 3.24. The van der Waals surface area contributed by atoms with Crippen molar-refractivity contribution in [1.29, 1.82) is 0 Å². The fourth-order valence-electron chi connectivity index (χ4n) is 4.19. The van der Waals surface area contributed by atoms with Gasteiger partial charge in [-0.05, 0) is 109 Å². The molecule has 0 radical (unpaired) electrons. The molecule has 0 amide bonds. The number of carboxylic acids is 1. The van der Waals surface area contributed by atoms with Gasteiger partial charge in [-0.2, -0.15) is 0 Å². The minimum absolute atomic E-state index is 0.200. The van der Waals surface area contributed by atoms with Crippen LogP contribution in [-0.2, 0) is 9.47 Å². The van der Waals surface area contributed by atoms with Gasteiger partial charge in [-0.15, -0.1) is 6.42 Å². The normalized spacial score (nSPS) is 9.21. The summed E-state index contributed by atoms with van der Waals surface area (Å²) in [5.41, 5.74) is 3.55. The second kappa shape index (κ2) is 23.5. The molecule has 0 aliphatic heterocycles. The molecule has 6 rings (SSSR count). The lowest BCUT2D eigenvalue weighted by Crippen LogP contribution is -2.00. The lowest BCUT2D eigenvalue weighted by Gasteiger charge is -1.98. The van der Waals surface area contributed by atoms with Crippen molar-refractivity contribution in [3.8, 4) is 36.0 Å². The van der Waals surface area contributed by atoms with Gasteiger partial charge >= 0.3 is 17.9 Å². The van der Waals surface area contributed by atoms with Crippen molar-refractivity contribution >= 4 is 33.8 Å². The van der Waals surface area contributed by atoms with Gasteiger partial charge < -0.3 is 14.6 Å². The maximum absolute atomic E-state index is 13.3. The average molecular weight is 830 g/mol. The Labute approximate surface area is 337 Å². The molecule has 6 aromatic rings. The molecule has 0 spiro atoms. The van der Waals surface area contributed by atoms with Crippen LogP contribution in [0.4, 0.5) is 13.2 Å². The van der Waals surface area contributed by atoms with Crippen LogP contribution in [0.1, 0.15) is 58.9 Å². The van der Waals surface area contributed by atoms with Crippen molar-refractivity contribution in [2.75, 3.05) is 14.2 Å². The third-order valence-electron chi connectivity index (χ3n) is 7.16. The first-order valence-electron chi connectivity index (χ1n) is 16.6. The highest BCUT2D eigenvalue weighted by Gasteiger charge is 2.04. The van der Waals surface area contributed by atoms with Gasteiger partial charge in [0.25, 0.3) is 0 Å². The molecule has 0 fully saturated rings. The molecule has 0 aromatic heterocycles. The van der Waals surface area contributed by atoms with Crippen LogP contribution in [0.3, 0.4) is 0 Å². The molecule has 284 valence electrons. The van der Waals surface area contributed by atoms with Gasteiger partial charge in [-0.3, -0.25) is 0 Å². The number of terminal acetylenes is 1. The predicted octanol–water partition coefficient (Wildman–Crippen LogP) is 9.98. The number of esters is 2. The van der Waals surface area contributed by atoms with Crippen LogP contribution < -0.4 is 0 Å². The van der Waals surface area contributed by atoms with E-state index in [0.717, 1.165) is 4.47 Å². The van der Waals surface area contributed by atoms with Crippen LogP contribution in [-0.4, -0.2) is 37.2 Å². The van der Waals surface area contributed by atoms with Gasteiger partial charge in [0.1, 0.15) is 17.5 Å². The van der Waals surface area contributed by atoms with E-state index in [1.165, 1.54) is 44.6 Å². The van der Waals surface area contributed by atoms with Gasteiger partial charge in [0, 0.05) is 15.6 Å². The lowest BCUT2D eigenvalue weighted by molar-refractivity contribution is 0.0592. The molecule has 1 N–H and O–H groups in total. The Kier molecular flexibility index (Phi) is 18.1. The molecule has 0 saturated carbocycles. The Bertz CT molecular complexity index is 2450. The Morgan fingerprint density at radius 1 is 0.509 bits per heavy atom. The van der Waals surface area contributed by atoms with E-state index < -0.39 is 11.9 Å². The van der Waals surface area contributed by atoms with E-state index in [2.05, 4.69) is 55.0 Å². The van der Waals surface area contributed by atoms with Gasteiger partial charge in [-0.25, -0.2) is 27.6 Å². The van der Waals surface area contributed by atoms with E-state index in [1.807, 2.05) is 0 Å². The summed E-state index contributed by atoms with van der Waals surface area (Å²) >= 11 is 3.26. The van der Waals surface area contributed by atoms with Gasteiger partial charge in [0.2, 0.25) is 0 Å². The molecule has 0 heterocycles. The number of rotatable bonds is 3. The largest absolute Gasteiger partial charge is 0.478 e. The number of aromatic carboxylic acids is 1. The zero-order valence-corrected chi connectivity index (χ0v) is 32.0.